The van der Waals surface area contributed by atoms with Crippen molar-refractivity contribution in [1.82, 2.24) is 25.2 Å². The van der Waals surface area contributed by atoms with Crippen molar-refractivity contribution in [2.45, 2.75) is 38.6 Å². The third kappa shape index (κ3) is 4.16. The van der Waals surface area contributed by atoms with Gasteiger partial charge in [-0.05, 0) is 25.8 Å². The van der Waals surface area contributed by atoms with Gasteiger partial charge in [-0.3, -0.25) is 9.48 Å². The zero-order chi connectivity index (χ0) is 18.0. The minimum absolute atomic E-state index is 0.0288. The van der Waals surface area contributed by atoms with Crippen molar-refractivity contribution in [3.05, 3.63) is 29.2 Å². The molecule has 11 heteroatoms. The molecule has 0 spiro atoms. The molecular weight excluding hydrogens is 343 g/mol. The summed E-state index contributed by atoms with van der Waals surface area (Å²) in [5.74, 6) is -0.751. The van der Waals surface area contributed by atoms with Crippen LogP contribution in [0.3, 0.4) is 0 Å². The van der Waals surface area contributed by atoms with Crippen LogP contribution in [0.25, 0.3) is 0 Å². The van der Waals surface area contributed by atoms with Gasteiger partial charge in [0.05, 0.1) is 6.10 Å². The number of aromatic nitrogens is 4. The van der Waals surface area contributed by atoms with Gasteiger partial charge in [-0.2, -0.15) is 23.3 Å². The number of alkyl halides is 3. The molecule has 136 valence electrons. The lowest BCUT2D eigenvalue weighted by atomic mass is 10.2. The zero-order valence-electron chi connectivity index (χ0n) is 13.3. The molecule has 1 aliphatic rings. The summed E-state index contributed by atoms with van der Waals surface area (Å²) in [5.41, 5.74) is -0.704. The zero-order valence-corrected chi connectivity index (χ0v) is 13.3. The molecule has 0 saturated carbocycles. The lowest BCUT2D eigenvalue weighted by molar-refractivity contribution is -0.141. The summed E-state index contributed by atoms with van der Waals surface area (Å²) in [7, 11) is 0. The van der Waals surface area contributed by atoms with Crippen molar-refractivity contribution < 1.29 is 27.2 Å². The Morgan fingerprint density at radius 2 is 2.28 bits per heavy atom. The van der Waals surface area contributed by atoms with E-state index in [0.29, 0.717) is 18.8 Å². The van der Waals surface area contributed by atoms with Crippen LogP contribution >= 0.6 is 0 Å². The number of nitrogens with one attached hydrogen (secondary N) is 1. The predicted molar refractivity (Wildman–Crippen MR) is 76.7 cm³/mol. The van der Waals surface area contributed by atoms with Gasteiger partial charge < -0.3 is 14.6 Å². The molecular formula is C14H16F3N5O3. The minimum atomic E-state index is -4.53. The van der Waals surface area contributed by atoms with Gasteiger partial charge in [0.2, 0.25) is 0 Å². The van der Waals surface area contributed by atoms with Crippen LogP contribution in [0.5, 0.6) is 0 Å². The second-order valence-electron chi connectivity index (χ2n) is 5.69. The standard InChI is InChI=1S/C14H16F3N5O3/c1-8-5-10(14(15,16)17)20-22(8)7-11-19-13(25-21-11)12(23)18-6-9-3-2-4-24-9/h5,9H,2-4,6-7H2,1H3,(H,18,23). The Morgan fingerprint density at radius 1 is 1.48 bits per heavy atom. The highest BCUT2D eigenvalue weighted by Crippen LogP contribution is 2.28. The molecule has 1 fully saturated rings. The Balaban J connectivity index is 1.61. The molecule has 3 heterocycles. The quantitative estimate of drug-likeness (QED) is 0.870. The Morgan fingerprint density at radius 3 is 2.92 bits per heavy atom. The monoisotopic (exact) mass is 359 g/mol. The van der Waals surface area contributed by atoms with Crippen molar-refractivity contribution in [3.63, 3.8) is 0 Å². The van der Waals surface area contributed by atoms with Crippen molar-refractivity contribution in [2.24, 2.45) is 0 Å². The highest BCUT2D eigenvalue weighted by Gasteiger charge is 2.34. The third-order valence-electron chi connectivity index (χ3n) is 3.74. The van der Waals surface area contributed by atoms with Crippen molar-refractivity contribution in [3.8, 4) is 0 Å². The molecule has 1 unspecified atom stereocenters. The van der Waals surface area contributed by atoms with Crippen molar-refractivity contribution in [1.29, 1.82) is 0 Å². The molecule has 1 atom stereocenters. The number of aryl methyl sites for hydroxylation is 1. The molecule has 0 bridgehead atoms. The number of nitrogens with zero attached hydrogens (tertiary/aromatic N) is 4. The summed E-state index contributed by atoms with van der Waals surface area (Å²) in [4.78, 5) is 15.8. The van der Waals surface area contributed by atoms with E-state index in [1.165, 1.54) is 6.92 Å². The molecule has 1 saturated heterocycles. The third-order valence-corrected chi connectivity index (χ3v) is 3.74. The van der Waals surface area contributed by atoms with Crippen LogP contribution in [0.1, 0.15) is 40.7 Å². The smallest absolute Gasteiger partial charge is 0.376 e. The predicted octanol–water partition coefficient (Wildman–Crippen LogP) is 1.55. The Hall–Kier alpha value is -2.43. The van der Waals surface area contributed by atoms with Gasteiger partial charge in [0.25, 0.3) is 0 Å². The van der Waals surface area contributed by atoms with Gasteiger partial charge in [0.1, 0.15) is 6.54 Å². The summed E-state index contributed by atoms with van der Waals surface area (Å²) < 4.78 is 49.3. The first-order valence-electron chi connectivity index (χ1n) is 7.67. The molecule has 1 aliphatic heterocycles. The lowest BCUT2D eigenvalue weighted by Crippen LogP contribution is -2.31. The molecule has 2 aromatic heterocycles. The van der Waals surface area contributed by atoms with Crippen LogP contribution in [-0.2, 0) is 17.5 Å². The molecule has 0 aromatic carbocycles. The normalized spacial score (nSPS) is 17.8. The Kier molecular flexibility index (Phi) is 4.75. The minimum Gasteiger partial charge on any atom is -0.376 e. The van der Waals surface area contributed by atoms with Crippen LogP contribution in [0.15, 0.2) is 10.6 Å². The molecule has 25 heavy (non-hydrogen) atoms. The summed E-state index contributed by atoms with van der Waals surface area (Å²) >= 11 is 0. The largest absolute Gasteiger partial charge is 0.435 e. The lowest BCUT2D eigenvalue weighted by Gasteiger charge is -2.08. The average molecular weight is 359 g/mol. The van der Waals surface area contributed by atoms with E-state index in [1.807, 2.05) is 0 Å². The number of carbonyl (C=O) groups is 1. The second kappa shape index (κ2) is 6.82. The summed E-state index contributed by atoms with van der Waals surface area (Å²) in [6, 6.07) is 0.926. The molecule has 3 rings (SSSR count). The summed E-state index contributed by atoms with van der Waals surface area (Å²) in [5, 5.41) is 9.70. The van der Waals surface area contributed by atoms with E-state index in [0.717, 1.165) is 23.6 Å². The van der Waals surface area contributed by atoms with Crippen LogP contribution in [-0.4, -0.2) is 45.1 Å². The summed E-state index contributed by atoms with van der Waals surface area (Å²) in [6.45, 7) is 2.36. The van der Waals surface area contributed by atoms with Gasteiger partial charge >= 0.3 is 18.0 Å². The van der Waals surface area contributed by atoms with Crippen LogP contribution in [0.4, 0.5) is 13.2 Å². The Bertz CT molecular complexity index is 749. The first kappa shape index (κ1) is 17.4. The van der Waals surface area contributed by atoms with E-state index in [-0.39, 0.29) is 24.4 Å². The van der Waals surface area contributed by atoms with Gasteiger partial charge in [0, 0.05) is 18.8 Å². The second-order valence-corrected chi connectivity index (χ2v) is 5.69. The number of hydrogen-bond acceptors (Lipinski definition) is 6. The van der Waals surface area contributed by atoms with Crippen LogP contribution in [0.2, 0.25) is 0 Å². The molecule has 1 N–H and O–H groups in total. The maximum Gasteiger partial charge on any atom is 0.435 e. The fourth-order valence-corrected chi connectivity index (χ4v) is 2.44. The molecule has 0 aliphatic carbocycles. The number of amides is 1. The van der Waals surface area contributed by atoms with Crippen molar-refractivity contribution in [2.75, 3.05) is 13.2 Å². The maximum atomic E-state index is 12.7. The highest BCUT2D eigenvalue weighted by atomic mass is 19.4. The molecule has 2 aromatic rings. The number of halogens is 3. The fourth-order valence-electron chi connectivity index (χ4n) is 2.44. The van der Waals surface area contributed by atoms with E-state index in [9.17, 15) is 18.0 Å². The highest BCUT2D eigenvalue weighted by molar-refractivity contribution is 5.89. The molecule has 8 nitrogen and oxygen atoms in total. The van der Waals surface area contributed by atoms with Crippen LogP contribution < -0.4 is 5.32 Å². The Labute approximate surface area is 140 Å². The number of hydrogen-bond donors (Lipinski definition) is 1. The van der Waals surface area contributed by atoms with Gasteiger partial charge in [-0.25, -0.2) is 0 Å². The van der Waals surface area contributed by atoms with E-state index in [4.69, 9.17) is 9.26 Å². The molecule has 1 amide bonds. The number of carbonyl (C=O) groups excluding carboxylic acids is 1. The first-order valence-corrected chi connectivity index (χ1v) is 7.67. The van der Waals surface area contributed by atoms with Gasteiger partial charge in [0.15, 0.2) is 11.5 Å². The number of rotatable bonds is 5. The average Bonchev–Trinajstić information content (AvgIpc) is 3.27. The summed E-state index contributed by atoms with van der Waals surface area (Å²) in [6.07, 6.45) is -2.73. The van der Waals surface area contributed by atoms with Gasteiger partial charge in [-0.15, -0.1) is 0 Å². The number of ether oxygens (including phenoxy) is 1. The SMILES string of the molecule is Cc1cc(C(F)(F)F)nn1Cc1noc(C(=O)NCC2CCCO2)n1. The van der Waals surface area contributed by atoms with Crippen LogP contribution in [0, 0.1) is 6.92 Å². The first-order chi connectivity index (χ1) is 11.8. The maximum absolute atomic E-state index is 12.7. The van der Waals surface area contributed by atoms with Crippen molar-refractivity contribution >= 4 is 5.91 Å². The van der Waals surface area contributed by atoms with E-state index < -0.39 is 17.8 Å². The molecule has 0 radical (unpaired) electrons. The van der Waals surface area contributed by atoms with E-state index in [1.54, 1.807) is 0 Å². The topological polar surface area (TPSA) is 95.1 Å². The van der Waals surface area contributed by atoms with E-state index in [2.05, 4.69) is 20.6 Å². The van der Waals surface area contributed by atoms with Gasteiger partial charge in [-0.1, -0.05) is 5.16 Å². The van der Waals surface area contributed by atoms with E-state index >= 15 is 0 Å². The fraction of sp³-hybridized carbons (Fsp3) is 0.571.